The first kappa shape index (κ1) is 19.5. The molecule has 0 amide bonds. The Labute approximate surface area is 169 Å². The average molecular weight is 441 g/mol. The molecule has 2 unspecified atom stereocenters. The van der Waals surface area contributed by atoms with Gasteiger partial charge in [0.25, 0.3) is 0 Å². The molecule has 0 aliphatic carbocycles. The summed E-state index contributed by atoms with van der Waals surface area (Å²) in [4.78, 5) is 12.4. The largest absolute Gasteiger partial charge is 0.433 e. The van der Waals surface area contributed by atoms with Crippen LogP contribution in [0.4, 0.5) is 13.2 Å². The Kier molecular flexibility index (Phi) is 4.07. The van der Waals surface area contributed by atoms with Gasteiger partial charge < -0.3 is 13.9 Å². The minimum Gasteiger partial charge on any atom is -0.361 e. The maximum absolute atomic E-state index is 13.0. The zero-order chi connectivity index (χ0) is 21.4. The lowest BCUT2D eigenvalue weighted by Crippen LogP contribution is -2.14. The first-order valence-corrected chi connectivity index (χ1v) is 11.2. The summed E-state index contributed by atoms with van der Waals surface area (Å²) in [6.07, 6.45) is -2.18. The lowest BCUT2D eigenvalue weighted by Gasteiger charge is -2.10. The fourth-order valence-corrected chi connectivity index (χ4v) is 5.21. The number of pyridine rings is 1. The summed E-state index contributed by atoms with van der Waals surface area (Å²) < 4.78 is 73.9. The molecule has 12 heteroatoms. The van der Waals surface area contributed by atoms with E-state index >= 15 is 0 Å². The van der Waals surface area contributed by atoms with E-state index in [1.807, 2.05) is 0 Å². The van der Waals surface area contributed by atoms with E-state index in [1.54, 1.807) is 18.5 Å². The van der Waals surface area contributed by atoms with Gasteiger partial charge in [-0.1, -0.05) is 6.92 Å². The van der Waals surface area contributed by atoms with Crippen molar-refractivity contribution in [3.05, 3.63) is 23.8 Å². The topological polar surface area (TPSA) is 95.2 Å². The number of hydrogen-bond acceptors (Lipinski definition) is 6. The molecule has 2 aliphatic heterocycles. The van der Waals surface area contributed by atoms with Crippen molar-refractivity contribution in [3.8, 4) is 11.5 Å². The Morgan fingerprint density at radius 1 is 1.30 bits per heavy atom. The molecule has 0 radical (unpaired) electrons. The quantitative estimate of drug-likeness (QED) is 0.580. The van der Waals surface area contributed by atoms with Crippen LogP contribution in [0, 0.1) is 0 Å². The molecular weight excluding hydrogens is 423 g/mol. The molecule has 30 heavy (non-hydrogen) atoms. The Morgan fingerprint density at radius 2 is 2.07 bits per heavy atom. The van der Waals surface area contributed by atoms with Crippen molar-refractivity contribution in [2.45, 2.75) is 49.7 Å². The van der Waals surface area contributed by atoms with Crippen molar-refractivity contribution >= 4 is 20.9 Å². The molecule has 0 N–H and O–H groups in total. The number of epoxide rings is 1. The van der Waals surface area contributed by atoms with Crippen LogP contribution in [0.3, 0.4) is 0 Å². The highest BCUT2D eigenvalue weighted by molar-refractivity contribution is 7.91. The van der Waals surface area contributed by atoms with Gasteiger partial charge in [0, 0.05) is 13.6 Å². The van der Waals surface area contributed by atoms with Crippen molar-refractivity contribution in [2.75, 3.05) is 5.75 Å². The third-order valence-electron chi connectivity index (χ3n) is 5.60. The smallest absolute Gasteiger partial charge is 0.361 e. The molecule has 1 saturated heterocycles. The molecule has 160 valence electrons. The fourth-order valence-electron chi connectivity index (χ4n) is 3.98. The van der Waals surface area contributed by atoms with E-state index in [-0.39, 0.29) is 40.0 Å². The van der Waals surface area contributed by atoms with Crippen LogP contribution in [0.2, 0.25) is 0 Å². The van der Waals surface area contributed by atoms with Crippen LogP contribution in [0.25, 0.3) is 22.6 Å². The predicted octanol–water partition coefficient (Wildman–Crippen LogP) is 2.88. The Bertz CT molecular complexity index is 1280. The summed E-state index contributed by atoms with van der Waals surface area (Å²) in [6.45, 7) is 2.03. The van der Waals surface area contributed by atoms with Gasteiger partial charge in [0.05, 0.1) is 29.1 Å². The van der Waals surface area contributed by atoms with E-state index < -0.39 is 21.7 Å². The number of halogens is 3. The van der Waals surface area contributed by atoms with Gasteiger partial charge in [0.1, 0.15) is 23.3 Å². The summed E-state index contributed by atoms with van der Waals surface area (Å²) in [6, 6.07) is 0.855. The van der Waals surface area contributed by atoms with Crippen LogP contribution >= 0.6 is 0 Å². The molecule has 3 aromatic heterocycles. The van der Waals surface area contributed by atoms with Gasteiger partial charge in [0.15, 0.2) is 20.7 Å². The van der Waals surface area contributed by atoms with E-state index in [0.29, 0.717) is 17.9 Å². The van der Waals surface area contributed by atoms with Gasteiger partial charge in [-0.05, 0) is 18.9 Å². The van der Waals surface area contributed by atoms with Crippen LogP contribution in [-0.4, -0.2) is 44.4 Å². The summed E-state index contributed by atoms with van der Waals surface area (Å²) in [5, 5.41) is 0.0403. The molecule has 0 bridgehead atoms. The molecule has 8 nitrogen and oxygen atoms in total. The Balaban J connectivity index is 1.76. The predicted molar refractivity (Wildman–Crippen MR) is 99.3 cm³/mol. The van der Waals surface area contributed by atoms with Crippen molar-refractivity contribution in [1.29, 1.82) is 0 Å². The van der Waals surface area contributed by atoms with Crippen LogP contribution in [0.1, 0.15) is 37.4 Å². The van der Waals surface area contributed by atoms with E-state index in [9.17, 15) is 21.6 Å². The first-order valence-electron chi connectivity index (χ1n) is 9.50. The zero-order valence-corrected chi connectivity index (χ0v) is 17.0. The minimum atomic E-state index is -4.60. The second-order valence-electron chi connectivity index (χ2n) is 7.47. The highest BCUT2D eigenvalue weighted by Gasteiger charge is 2.47. The zero-order valence-electron chi connectivity index (χ0n) is 16.1. The molecule has 5 rings (SSSR count). The molecule has 0 aromatic carbocycles. The fraction of sp³-hybridized carbons (Fsp3) is 0.500. The van der Waals surface area contributed by atoms with Crippen molar-refractivity contribution in [1.82, 2.24) is 24.1 Å². The Hall–Kier alpha value is -2.47. The lowest BCUT2D eigenvalue weighted by molar-refractivity contribution is -0.141. The molecule has 5 heterocycles. The van der Waals surface area contributed by atoms with Crippen LogP contribution in [0.15, 0.2) is 17.3 Å². The van der Waals surface area contributed by atoms with Crippen LogP contribution in [0.5, 0.6) is 0 Å². The summed E-state index contributed by atoms with van der Waals surface area (Å²) in [5.74, 6) is 0.570. The van der Waals surface area contributed by atoms with Gasteiger partial charge in [-0.3, -0.25) is 0 Å². The lowest BCUT2D eigenvalue weighted by atomic mass is 10.2. The molecule has 0 saturated carbocycles. The van der Waals surface area contributed by atoms with Crippen molar-refractivity contribution in [2.24, 2.45) is 7.05 Å². The number of fused-ring (bicyclic) bond motifs is 4. The van der Waals surface area contributed by atoms with Gasteiger partial charge in [-0.25, -0.2) is 23.4 Å². The first-order chi connectivity index (χ1) is 14.1. The average Bonchev–Trinajstić information content (AvgIpc) is 3.28. The van der Waals surface area contributed by atoms with Crippen LogP contribution in [-0.2, 0) is 34.3 Å². The normalized spacial score (nSPS) is 21.4. The van der Waals surface area contributed by atoms with E-state index in [0.717, 1.165) is 25.1 Å². The van der Waals surface area contributed by atoms with Crippen LogP contribution < -0.4 is 0 Å². The number of rotatable bonds is 3. The highest BCUT2D eigenvalue weighted by atomic mass is 32.2. The number of hydrogen-bond donors (Lipinski definition) is 0. The number of sulfone groups is 1. The molecule has 2 aliphatic rings. The monoisotopic (exact) mass is 441 g/mol. The second-order valence-corrected chi connectivity index (χ2v) is 9.66. The standard InChI is InChI=1S/C18H18F3N5O3S/c1-3-30(27,28)17-13(24-16-14-11(29-14)5-4-6-26(16)17)15-23-9-7-12(18(19,20)21)22-8-10(9)25(15)2/h7-8,11,14H,3-6H2,1-2H3. The summed E-state index contributed by atoms with van der Waals surface area (Å²) >= 11 is 0. The highest BCUT2D eigenvalue weighted by Crippen LogP contribution is 2.46. The number of ether oxygens (including phenoxy) is 1. The third-order valence-corrected chi connectivity index (χ3v) is 7.36. The van der Waals surface area contributed by atoms with Gasteiger partial charge in [-0.2, -0.15) is 13.2 Å². The van der Waals surface area contributed by atoms with E-state index in [2.05, 4.69) is 15.0 Å². The molecular formula is C18H18F3N5O3S. The van der Waals surface area contributed by atoms with Crippen molar-refractivity contribution < 1.29 is 26.3 Å². The summed E-state index contributed by atoms with van der Waals surface area (Å²) in [5.41, 5.74) is -0.508. The van der Waals surface area contributed by atoms with Gasteiger partial charge in [0.2, 0.25) is 0 Å². The number of imidazole rings is 2. The number of aryl methyl sites for hydroxylation is 1. The number of nitrogens with zero attached hydrogens (tertiary/aromatic N) is 5. The minimum absolute atomic E-state index is 0.0256. The maximum atomic E-state index is 13.0. The SMILES string of the molecule is CCS(=O)(=O)c1c(-c2nc3cc(C(F)(F)F)ncc3n2C)nc2n1CCCC1OC21. The molecule has 1 fully saturated rings. The van der Waals surface area contributed by atoms with Gasteiger partial charge >= 0.3 is 6.18 Å². The Morgan fingerprint density at radius 3 is 2.77 bits per heavy atom. The second kappa shape index (κ2) is 6.27. The van der Waals surface area contributed by atoms with Crippen molar-refractivity contribution in [3.63, 3.8) is 0 Å². The van der Waals surface area contributed by atoms with Gasteiger partial charge in [-0.15, -0.1) is 0 Å². The molecule has 3 aromatic rings. The maximum Gasteiger partial charge on any atom is 0.433 e. The summed E-state index contributed by atoms with van der Waals surface area (Å²) in [7, 11) is -2.09. The third kappa shape index (κ3) is 2.84. The van der Waals surface area contributed by atoms with E-state index in [4.69, 9.17) is 4.74 Å². The number of alkyl halides is 3. The number of aromatic nitrogens is 5. The molecule has 2 atom stereocenters. The van der Waals surface area contributed by atoms with E-state index in [1.165, 1.54) is 4.57 Å². The molecule has 0 spiro atoms.